The van der Waals surface area contributed by atoms with E-state index >= 15 is 0 Å². The van der Waals surface area contributed by atoms with Crippen LogP contribution in [0.3, 0.4) is 0 Å². The van der Waals surface area contributed by atoms with Crippen LogP contribution in [0, 0.1) is 0 Å². The van der Waals surface area contributed by atoms with Gasteiger partial charge >= 0.3 is 0 Å². The molecule has 8 nitrogen and oxygen atoms in total. The molecule has 9 heteroatoms. The molecule has 6 heterocycles. The largest absolute Gasteiger partial charge is 0.309 e. The predicted molar refractivity (Wildman–Crippen MR) is 539 cm³/mol. The minimum absolute atomic E-state index is 0.702. The Hall–Kier alpha value is -16.5. The summed E-state index contributed by atoms with van der Waals surface area (Å²) in [5, 5.41) is 11.3. The van der Waals surface area contributed by atoms with Crippen LogP contribution in [-0.4, -0.2) is 46.3 Å². The summed E-state index contributed by atoms with van der Waals surface area (Å²) in [5.74, 6) is 1.41. The van der Waals surface area contributed by atoms with Crippen molar-refractivity contribution in [2.24, 2.45) is 0 Å². The number of aromatic nitrogens is 8. The van der Waals surface area contributed by atoms with E-state index in [1.165, 1.54) is 115 Å². The first-order valence-corrected chi connectivity index (χ1v) is 47.3. The molecule has 0 aliphatic heterocycles. The van der Waals surface area contributed by atoms with Crippen molar-refractivity contribution < 1.29 is 0 Å². The van der Waals surface area contributed by atoms with Crippen molar-refractivity contribution in [1.29, 1.82) is 0 Å². The second-order valence-corrected chi connectivity index (χ2v) is 39.2. The standard InChI is InChI=1S/C64H42N4.C55H42N4Si/c1-4-15-43(16-5-1)44-27-29-45(30-28-44)46-31-35-52(36-32-46)67-61-26-13-11-24-55(61)57-40-49(34-38-62(57)67)50-33-37-56-54-23-10-12-25-60(54)68(63(56)41-50)53-22-14-21-51(39-53)59-42-58(47-17-6-2-7-18-47)65-64(66-59)48-19-8-3-9-20-48;1-60(2,3)44-29-27-42(28-30-44)58-52-24-13-11-22-46(52)48-34-39(26-32-53(48)58)40-25-31-47-45-21-10-12-23-51(45)59(54(47)35-40)43-20-14-19-41(33-43)50-36-49(37-15-6-4-7-16-37)56-55(57-50)38-17-8-5-9-18-38/h1-42H;4-36H,1-3H3. The van der Waals surface area contributed by atoms with Crippen LogP contribution in [0.5, 0.6) is 0 Å². The number of hydrogen-bond acceptors (Lipinski definition) is 4. The molecule has 0 unspecified atom stereocenters. The molecule has 0 radical (unpaired) electrons. The van der Waals surface area contributed by atoms with Gasteiger partial charge in [0.2, 0.25) is 0 Å². The van der Waals surface area contributed by atoms with Gasteiger partial charge in [-0.2, -0.15) is 0 Å². The maximum Gasteiger partial charge on any atom is 0.160 e. The van der Waals surface area contributed by atoms with Crippen LogP contribution in [-0.2, 0) is 0 Å². The average Bonchev–Trinajstić information content (AvgIpc) is 1.59. The van der Waals surface area contributed by atoms with Gasteiger partial charge in [0.05, 0.1) is 75.0 Å². The molecular weight excluding hydrogens is 1570 g/mol. The average molecular weight is 1650 g/mol. The Morgan fingerprint density at radius 3 is 0.789 bits per heavy atom. The van der Waals surface area contributed by atoms with Gasteiger partial charge in [0.15, 0.2) is 11.6 Å². The molecule has 0 aliphatic rings. The highest BCUT2D eigenvalue weighted by Crippen LogP contribution is 2.44. The second kappa shape index (κ2) is 32.0. The summed E-state index contributed by atoms with van der Waals surface area (Å²) in [5.41, 5.74) is 33.1. The Balaban J connectivity index is 0.000000148. The summed E-state index contributed by atoms with van der Waals surface area (Å²) in [7, 11) is -1.41. The van der Waals surface area contributed by atoms with Gasteiger partial charge in [0.1, 0.15) is 0 Å². The van der Waals surface area contributed by atoms with E-state index in [0.29, 0.717) is 11.6 Å². The zero-order valence-electron chi connectivity index (χ0n) is 70.9. The number of hydrogen-bond donors (Lipinski definition) is 0. The molecule has 0 spiro atoms. The van der Waals surface area contributed by atoms with Gasteiger partial charge in [0, 0.05) is 99.2 Å². The van der Waals surface area contributed by atoms with Crippen molar-refractivity contribution in [2.45, 2.75) is 19.6 Å². The fourth-order valence-corrected chi connectivity index (χ4v) is 20.0. The van der Waals surface area contributed by atoms with Crippen LogP contribution in [0.25, 0.3) is 222 Å². The van der Waals surface area contributed by atoms with Crippen molar-refractivity contribution in [3.63, 3.8) is 0 Å². The topological polar surface area (TPSA) is 71.3 Å². The van der Waals surface area contributed by atoms with Crippen LogP contribution >= 0.6 is 0 Å². The van der Waals surface area contributed by atoms with Crippen molar-refractivity contribution in [1.82, 2.24) is 38.2 Å². The molecule has 0 amide bonds. The Labute approximate surface area is 743 Å². The van der Waals surface area contributed by atoms with Crippen molar-refractivity contribution in [3.8, 4) is 135 Å². The van der Waals surface area contributed by atoms with E-state index < -0.39 is 8.07 Å². The molecule has 6 aromatic heterocycles. The minimum atomic E-state index is -1.41. The molecule has 0 aliphatic carbocycles. The first kappa shape index (κ1) is 76.4. The first-order chi connectivity index (χ1) is 63.1. The van der Waals surface area contributed by atoms with Gasteiger partial charge in [-0.3, -0.25) is 0 Å². The lowest BCUT2D eigenvalue weighted by Gasteiger charge is -2.17. The molecule has 0 N–H and O–H groups in total. The lowest BCUT2D eigenvalue weighted by atomic mass is 10.00. The lowest BCUT2D eigenvalue weighted by Crippen LogP contribution is -2.37. The fraction of sp³-hybridized carbons (Fsp3) is 0.0252. The Morgan fingerprint density at radius 2 is 0.414 bits per heavy atom. The normalized spacial score (nSPS) is 11.7. The Kier molecular flexibility index (Phi) is 19.1. The van der Waals surface area contributed by atoms with Crippen molar-refractivity contribution in [3.05, 3.63) is 455 Å². The SMILES string of the molecule is C[Si](C)(C)c1ccc(-n2c3ccccc3c3cc(-c4ccc5c6ccccc6n(-c6cccc(-c7cc(-c8ccccc8)nc(-c8ccccc8)n7)c6)c5c4)ccc32)cc1.c1ccc(-c2ccc(-c3ccc(-n4c5ccccc5c5cc(-c6ccc7c8ccccc8n(-c8cccc(-c9cc(-c%10ccccc%10)nc(-c%10ccccc%10)n9)c8)c7c6)ccc54)cc3)cc2)cc1. The second-order valence-electron chi connectivity index (χ2n) is 34.1. The zero-order valence-corrected chi connectivity index (χ0v) is 71.9. The molecule has 0 bridgehead atoms. The van der Waals surface area contributed by atoms with E-state index in [1.54, 1.807) is 0 Å². The third kappa shape index (κ3) is 14.0. The van der Waals surface area contributed by atoms with E-state index in [1.807, 2.05) is 48.5 Å². The Bertz CT molecular complexity index is 8240. The number of nitrogens with zero attached hydrogens (tertiary/aromatic N) is 8. The molecular formula is C119H84N8Si. The maximum absolute atomic E-state index is 5.17. The first-order valence-electron chi connectivity index (χ1n) is 43.8. The van der Waals surface area contributed by atoms with Gasteiger partial charge < -0.3 is 18.3 Å². The third-order valence-electron chi connectivity index (χ3n) is 25.3. The summed E-state index contributed by atoms with van der Waals surface area (Å²) in [6.07, 6.45) is 0. The summed E-state index contributed by atoms with van der Waals surface area (Å²) in [6.45, 7) is 7.21. The third-order valence-corrected chi connectivity index (χ3v) is 27.3. The molecule has 604 valence electrons. The number of benzene rings is 18. The number of fused-ring (bicyclic) bond motifs is 12. The van der Waals surface area contributed by atoms with E-state index in [-0.39, 0.29) is 0 Å². The molecule has 18 aromatic carbocycles. The highest BCUT2D eigenvalue weighted by molar-refractivity contribution is 6.88. The monoisotopic (exact) mass is 1650 g/mol. The zero-order chi connectivity index (χ0) is 85.3. The molecule has 0 saturated heterocycles. The number of rotatable bonds is 15. The van der Waals surface area contributed by atoms with Crippen LogP contribution in [0.2, 0.25) is 19.6 Å². The fourth-order valence-electron chi connectivity index (χ4n) is 18.9. The van der Waals surface area contributed by atoms with Crippen LogP contribution in [0.1, 0.15) is 0 Å². The molecule has 128 heavy (non-hydrogen) atoms. The highest BCUT2D eigenvalue weighted by atomic mass is 28.3. The van der Waals surface area contributed by atoms with Crippen LogP contribution < -0.4 is 5.19 Å². The molecule has 24 rings (SSSR count). The van der Waals surface area contributed by atoms with E-state index in [2.05, 4.69) is 444 Å². The summed E-state index contributed by atoms with van der Waals surface area (Å²) < 4.78 is 9.62. The summed E-state index contributed by atoms with van der Waals surface area (Å²) in [4.78, 5) is 20.4. The summed E-state index contributed by atoms with van der Waals surface area (Å²) in [6, 6.07) is 163. The minimum Gasteiger partial charge on any atom is -0.309 e. The van der Waals surface area contributed by atoms with Crippen molar-refractivity contribution in [2.75, 3.05) is 0 Å². The predicted octanol–water partition coefficient (Wildman–Crippen LogP) is 30.6. The van der Waals surface area contributed by atoms with Gasteiger partial charge in [-0.25, -0.2) is 19.9 Å². The molecule has 24 aromatic rings. The molecule has 0 saturated carbocycles. The van der Waals surface area contributed by atoms with Gasteiger partial charge in [-0.05, 0) is 166 Å². The lowest BCUT2D eigenvalue weighted by molar-refractivity contribution is 1.16. The van der Waals surface area contributed by atoms with E-state index in [9.17, 15) is 0 Å². The maximum atomic E-state index is 5.17. The van der Waals surface area contributed by atoms with Crippen LogP contribution in [0.15, 0.2) is 455 Å². The summed E-state index contributed by atoms with van der Waals surface area (Å²) >= 11 is 0. The van der Waals surface area contributed by atoms with Gasteiger partial charge in [-0.1, -0.05) is 358 Å². The van der Waals surface area contributed by atoms with Gasteiger partial charge in [0.25, 0.3) is 0 Å². The van der Waals surface area contributed by atoms with E-state index in [0.717, 1.165) is 101 Å². The highest BCUT2D eigenvalue weighted by Gasteiger charge is 2.24. The van der Waals surface area contributed by atoms with Crippen molar-refractivity contribution >= 4 is 100 Å². The Morgan fingerprint density at radius 1 is 0.156 bits per heavy atom. The van der Waals surface area contributed by atoms with Gasteiger partial charge in [-0.15, -0.1) is 0 Å². The molecule has 0 fully saturated rings. The quantitative estimate of drug-likeness (QED) is 0.0959. The van der Waals surface area contributed by atoms with E-state index in [4.69, 9.17) is 19.9 Å². The smallest absolute Gasteiger partial charge is 0.160 e. The molecule has 0 atom stereocenters. The number of para-hydroxylation sites is 4. The van der Waals surface area contributed by atoms with Crippen LogP contribution in [0.4, 0.5) is 0 Å².